The number of benzene rings is 2. The number of esters is 1. The number of hydrogen-bond acceptors (Lipinski definition) is 8. The molecule has 1 fully saturated rings. The number of oxazole rings is 1. The van der Waals surface area contributed by atoms with E-state index in [4.69, 9.17) is 13.9 Å². The van der Waals surface area contributed by atoms with Gasteiger partial charge in [0.25, 0.3) is 0 Å². The molecule has 0 saturated carbocycles. The van der Waals surface area contributed by atoms with E-state index in [0.717, 1.165) is 34.8 Å². The second kappa shape index (κ2) is 13.3. The maximum absolute atomic E-state index is 13.2. The number of aryl methyl sites for hydroxylation is 1. The number of alkyl halides is 3. The van der Waals surface area contributed by atoms with Crippen LogP contribution in [0.5, 0.6) is 5.75 Å². The molecule has 2 atom stereocenters. The highest BCUT2D eigenvalue weighted by Gasteiger charge is 2.37. The Morgan fingerprint density at radius 1 is 1.07 bits per heavy atom. The first-order chi connectivity index (χ1) is 20.7. The van der Waals surface area contributed by atoms with Crippen molar-refractivity contribution in [3.8, 4) is 17.2 Å². The minimum absolute atomic E-state index is 0.00381. The first-order valence-electron chi connectivity index (χ1n) is 14.3. The molecule has 2 aromatic heterocycles. The van der Waals surface area contributed by atoms with Gasteiger partial charge in [0.1, 0.15) is 17.2 Å². The number of carbonyl (C=O) groups is 1. The number of carbonyl (C=O) groups excluding carboxylic acids is 1. The Morgan fingerprint density at radius 3 is 2.56 bits per heavy atom. The van der Waals surface area contributed by atoms with Crippen LogP contribution >= 0.6 is 0 Å². The van der Waals surface area contributed by atoms with Crippen LogP contribution in [-0.2, 0) is 28.5 Å². The lowest BCUT2D eigenvalue weighted by Crippen LogP contribution is -2.45. The molecule has 1 saturated heterocycles. The quantitative estimate of drug-likeness (QED) is 0.197. The van der Waals surface area contributed by atoms with Crippen LogP contribution in [0.25, 0.3) is 11.5 Å². The van der Waals surface area contributed by atoms with Gasteiger partial charge >= 0.3 is 12.1 Å². The van der Waals surface area contributed by atoms with Gasteiger partial charge in [0.2, 0.25) is 11.8 Å². The average Bonchev–Trinajstić information content (AvgIpc) is 3.38. The van der Waals surface area contributed by atoms with Crippen LogP contribution in [0.15, 0.2) is 71.3 Å². The van der Waals surface area contributed by atoms with Crippen molar-refractivity contribution < 1.29 is 31.9 Å². The van der Waals surface area contributed by atoms with Crippen molar-refractivity contribution in [1.82, 2.24) is 15.0 Å². The SMILES string of the molecule is CCOC(=O)C1CCN(c2nccc(C(F)(F)F)n2)CC1Cc1ccc(OCCc2nc(-c3ccccc3)oc2C)cc1. The van der Waals surface area contributed by atoms with Crippen molar-refractivity contribution in [3.63, 3.8) is 0 Å². The van der Waals surface area contributed by atoms with Crippen molar-refractivity contribution in [2.24, 2.45) is 11.8 Å². The van der Waals surface area contributed by atoms with E-state index in [-0.39, 0.29) is 30.4 Å². The fourth-order valence-electron chi connectivity index (χ4n) is 5.29. The summed E-state index contributed by atoms with van der Waals surface area (Å²) < 4.78 is 56.8. The highest BCUT2D eigenvalue weighted by molar-refractivity contribution is 5.73. The Hall–Kier alpha value is -4.41. The normalized spacial score (nSPS) is 17.1. The predicted octanol–water partition coefficient (Wildman–Crippen LogP) is 6.33. The van der Waals surface area contributed by atoms with Crippen LogP contribution in [0, 0.1) is 18.8 Å². The molecular weight excluding hydrogens is 561 g/mol. The molecule has 0 amide bonds. The summed E-state index contributed by atoms with van der Waals surface area (Å²) in [6, 6.07) is 18.2. The first kappa shape index (κ1) is 30.1. The number of piperidine rings is 1. The molecule has 3 heterocycles. The zero-order valence-corrected chi connectivity index (χ0v) is 24.0. The number of hydrogen-bond donors (Lipinski definition) is 0. The zero-order valence-electron chi connectivity index (χ0n) is 24.0. The summed E-state index contributed by atoms with van der Waals surface area (Å²) in [5.41, 5.74) is 1.74. The van der Waals surface area contributed by atoms with Crippen molar-refractivity contribution in [2.75, 3.05) is 31.2 Å². The van der Waals surface area contributed by atoms with Gasteiger partial charge in [-0.15, -0.1) is 0 Å². The van der Waals surface area contributed by atoms with Crippen LogP contribution in [-0.4, -0.2) is 47.2 Å². The van der Waals surface area contributed by atoms with Gasteiger partial charge < -0.3 is 18.8 Å². The van der Waals surface area contributed by atoms with Crippen LogP contribution in [0.3, 0.4) is 0 Å². The fraction of sp³-hybridized carbons (Fsp3) is 0.375. The molecule has 11 heteroatoms. The average molecular weight is 595 g/mol. The first-order valence-corrected chi connectivity index (χ1v) is 14.3. The molecule has 1 aliphatic rings. The fourth-order valence-corrected chi connectivity index (χ4v) is 5.29. The van der Waals surface area contributed by atoms with Gasteiger partial charge in [-0.3, -0.25) is 4.79 Å². The van der Waals surface area contributed by atoms with Gasteiger partial charge in [0.05, 0.1) is 24.8 Å². The number of anilines is 1. The molecule has 0 spiro atoms. The van der Waals surface area contributed by atoms with Crippen molar-refractivity contribution in [2.45, 2.75) is 39.3 Å². The summed E-state index contributed by atoms with van der Waals surface area (Å²) in [7, 11) is 0. The van der Waals surface area contributed by atoms with Gasteiger partial charge in [-0.05, 0) is 68.5 Å². The van der Waals surface area contributed by atoms with Crippen LogP contribution in [0.1, 0.15) is 36.1 Å². The van der Waals surface area contributed by atoms with Gasteiger partial charge in [0, 0.05) is 31.3 Å². The van der Waals surface area contributed by atoms with Gasteiger partial charge in [-0.25, -0.2) is 15.0 Å². The summed E-state index contributed by atoms with van der Waals surface area (Å²) >= 11 is 0. The summed E-state index contributed by atoms with van der Waals surface area (Å²) in [5.74, 6) is 1.15. The van der Waals surface area contributed by atoms with E-state index in [1.165, 1.54) is 0 Å². The van der Waals surface area contributed by atoms with E-state index in [1.807, 2.05) is 61.5 Å². The van der Waals surface area contributed by atoms with Crippen molar-refractivity contribution >= 4 is 11.9 Å². The maximum Gasteiger partial charge on any atom is 0.433 e. The number of nitrogens with zero attached hydrogens (tertiary/aromatic N) is 4. The summed E-state index contributed by atoms with van der Waals surface area (Å²) in [6.45, 7) is 5.00. The standard InChI is InChI=1S/C32H33F3N4O4/c1-3-41-30(40)26-14-17-39(31-36-16-13-28(38-31)32(33,34)35)20-24(26)19-22-9-11-25(12-10-22)42-18-15-27-21(2)43-29(37-27)23-7-5-4-6-8-23/h4-13,16,24,26H,3,14-15,17-20H2,1-2H3. The molecule has 226 valence electrons. The highest BCUT2D eigenvalue weighted by atomic mass is 19.4. The molecule has 0 N–H and O–H groups in total. The van der Waals surface area contributed by atoms with E-state index in [0.29, 0.717) is 50.6 Å². The predicted molar refractivity (Wildman–Crippen MR) is 153 cm³/mol. The second-order valence-electron chi connectivity index (χ2n) is 10.4. The lowest BCUT2D eigenvalue weighted by molar-refractivity contribution is -0.150. The third-order valence-corrected chi connectivity index (χ3v) is 7.48. The lowest BCUT2D eigenvalue weighted by atomic mass is 9.81. The molecule has 2 aromatic carbocycles. The largest absolute Gasteiger partial charge is 0.493 e. The van der Waals surface area contributed by atoms with Crippen molar-refractivity contribution in [3.05, 3.63) is 89.6 Å². The van der Waals surface area contributed by atoms with Crippen LogP contribution in [0.2, 0.25) is 0 Å². The highest BCUT2D eigenvalue weighted by Crippen LogP contribution is 2.32. The van der Waals surface area contributed by atoms with E-state index < -0.39 is 11.9 Å². The summed E-state index contributed by atoms with van der Waals surface area (Å²) in [6.07, 6.45) is -1.91. The molecular formula is C32H33F3N4O4. The summed E-state index contributed by atoms with van der Waals surface area (Å²) in [4.78, 5) is 26.9. The smallest absolute Gasteiger partial charge is 0.433 e. The van der Waals surface area contributed by atoms with Crippen LogP contribution < -0.4 is 9.64 Å². The topological polar surface area (TPSA) is 90.6 Å². The third-order valence-electron chi connectivity index (χ3n) is 7.48. The maximum atomic E-state index is 13.2. The molecule has 43 heavy (non-hydrogen) atoms. The summed E-state index contributed by atoms with van der Waals surface area (Å²) in [5, 5.41) is 0. The Kier molecular flexibility index (Phi) is 9.27. The van der Waals surface area contributed by atoms with E-state index in [1.54, 1.807) is 11.8 Å². The number of halogens is 3. The molecule has 4 aromatic rings. The molecule has 0 radical (unpaired) electrons. The molecule has 5 rings (SSSR count). The zero-order chi connectivity index (χ0) is 30.4. The van der Waals surface area contributed by atoms with E-state index in [2.05, 4.69) is 15.0 Å². The van der Waals surface area contributed by atoms with Crippen molar-refractivity contribution in [1.29, 1.82) is 0 Å². The minimum atomic E-state index is -4.57. The number of ether oxygens (including phenoxy) is 2. The van der Waals surface area contributed by atoms with E-state index >= 15 is 0 Å². The Bertz CT molecular complexity index is 1510. The third kappa shape index (κ3) is 7.52. The Labute approximate surface area is 247 Å². The molecule has 1 aliphatic heterocycles. The van der Waals surface area contributed by atoms with Gasteiger partial charge in [0.15, 0.2) is 0 Å². The monoisotopic (exact) mass is 594 g/mol. The molecule has 2 unspecified atom stereocenters. The molecule has 0 bridgehead atoms. The Morgan fingerprint density at radius 2 is 1.84 bits per heavy atom. The molecule has 0 aliphatic carbocycles. The Balaban J connectivity index is 1.22. The second-order valence-corrected chi connectivity index (χ2v) is 10.4. The lowest BCUT2D eigenvalue weighted by Gasteiger charge is -2.37. The van der Waals surface area contributed by atoms with E-state index in [9.17, 15) is 18.0 Å². The van der Waals surface area contributed by atoms with Crippen LogP contribution in [0.4, 0.5) is 19.1 Å². The number of rotatable bonds is 10. The van der Waals surface area contributed by atoms with Gasteiger partial charge in [-0.1, -0.05) is 30.3 Å². The number of aromatic nitrogens is 3. The van der Waals surface area contributed by atoms with Gasteiger partial charge in [-0.2, -0.15) is 13.2 Å². The minimum Gasteiger partial charge on any atom is -0.493 e. The molecule has 8 nitrogen and oxygen atoms in total.